The monoisotopic (exact) mass is 379 g/mol. The van der Waals surface area contributed by atoms with Crippen molar-refractivity contribution in [3.8, 4) is 0 Å². The van der Waals surface area contributed by atoms with E-state index in [1.807, 2.05) is 0 Å². The van der Waals surface area contributed by atoms with Gasteiger partial charge < -0.3 is 14.8 Å². The Kier molecular flexibility index (Phi) is 5.99. The molecular weight excluding hydrogens is 362 g/mol. The van der Waals surface area contributed by atoms with Crippen LogP contribution in [0.3, 0.4) is 0 Å². The second-order valence-electron chi connectivity index (χ2n) is 5.47. The smallest absolute Gasteiger partial charge is 0.337 e. The molecule has 1 heterocycles. The molecular formula is C17H18ClN3O5. The highest BCUT2D eigenvalue weighted by Gasteiger charge is 2.16. The maximum atomic E-state index is 12.3. The fourth-order valence-corrected chi connectivity index (χ4v) is 2.47. The number of benzene rings is 1. The number of halogens is 1. The highest BCUT2D eigenvalue weighted by atomic mass is 35.5. The standard InChI is InChI=1S/C17H18ClN3O5/c1-9-15(18)10(2)21(20-9)8-14(22)19-13-6-11(16(23)25-3)5-12(7-13)17(24)26-4/h5-7H,8H2,1-4H3,(H,19,22). The number of esters is 2. The van der Waals surface area contributed by atoms with Gasteiger partial charge in [-0.3, -0.25) is 9.48 Å². The van der Waals surface area contributed by atoms with Gasteiger partial charge in [-0.15, -0.1) is 0 Å². The summed E-state index contributed by atoms with van der Waals surface area (Å²) in [6, 6.07) is 4.14. The molecule has 0 spiro atoms. The van der Waals surface area contributed by atoms with Crippen LogP contribution in [0, 0.1) is 13.8 Å². The number of rotatable bonds is 5. The van der Waals surface area contributed by atoms with Gasteiger partial charge in [0.05, 0.1) is 41.8 Å². The normalized spacial score (nSPS) is 10.3. The number of hydrogen-bond donors (Lipinski definition) is 1. The van der Waals surface area contributed by atoms with Gasteiger partial charge >= 0.3 is 11.9 Å². The number of nitrogens with one attached hydrogen (secondary N) is 1. The fourth-order valence-electron chi connectivity index (χ4n) is 2.34. The molecule has 0 saturated heterocycles. The Hall–Kier alpha value is -2.87. The summed E-state index contributed by atoms with van der Waals surface area (Å²) < 4.78 is 10.8. The van der Waals surface area contributed by atoms with Crippen LogP contribution in [0.4, 0.5) is 5.69 Å². The minimum absolute atomic E-state index is 0.0740. The minimum Gasteiger partial charge on any atom is -0.465 e. The van der Waals surface area contributed by atoms with Crippen LogP contribution in [0.2, 0.25) is 5.02 Å². The second-order valence-corrected chi connectivity index (χ2v) is 5.85. The van der Waals surface area contributed by atoms with E-state index in [2.05, 4.69) is 19.9 Å². The third-order valence-electron chi connectivity index (χ3n) is 3.65. The number of carbonyl (C=O) groups is 3. The molecule has 26 heavy (non-hydrogen) atoms. The van der Waals surface area contributed by atoms with Crippen molar-refractivity contribution in [1.82, 2.24) is 9.78 Å². The predicted molar refractivity (Wildman–Crippen MR) is 94.5 cm³/mol. The molecule has 1 N–H and O–H groups in total. The molecule has 8 nitrogen and oxygen atoms in total. The van der Waals surface area contributed by atoms with Crippen LogP contribution in [0.25, 0.3) is 0 Å². The zero-order valence-corrected chi connectivity index (χ0v) is 15.5. The number of methoxy groups -OCH3 is 2. The third-order valence-corrected chi connectivity index (χ3v) is 4.19. The van der Waals surface area contributed by atoms with Crippen LogP contribution in [-0.4, -0.2) is 41.8 Å². The van der Waals surface area contributed by atoms with Crippen LogP contribution in [-0.2, 0) is 20.8 Å². The molecule has 0 aliphatic carbocycles. The Morgan fingerprint density at radius 1 is 1.08 bits per heavy atom. The van der Waals surface area contributed by atoms with E-state index in [0.29, 0.717) is 16.4 Å². The van der Waals surface area contributed by atoms with Gasteiger partial charge in [-0.1, -0.05) is 11.6 Å². The number of amides is 1. The lowest BCUT2D eigenvalue weighted by Gasteiger charge is -2.10. The van der Waals surface area contributed by atoms with Crippen molar-refractivity contribution in [3.63, 3.8) is 0 Å². The quantitative estimate of drug-likeness (QED) is 0.800. The molecule has 0 radical (unpaired) electrons. The van der Waals surface area contributed by atoms with Gasteiger partial charge in [-0.05, 0) is 32.0 Å². The first-order valence-electron chi connectivity index (χ1n) is 7.58. The van der Waals surface area contributed by atoms with Crippen molar-refractivity contribution in [2.75, 3.05) is 19.5 Å². The van der Waals surface area contributed by atoms with E-state index in [0.717, 1.165) is 0 Å². The SMILES string of the molecule is COC(=O)c1cc(NC(=O)Cn2nc(C)c(Cl)c2C)cc(C(=O)OC)c1. The minimum atomic E-state index is -0.642. The van der Waals surface area contributed by atoms with E-state index >= 15 is 0 Å². The second kappa shape index (κ2) is 8.01. The van der Waals surface area contributed by atoms with Gasteiger partial charge in [0, 0.05) is 5.69 Å². The summed E-state index contributed by atoms with van der Waals surface area (Å²) >= 11 is 6.07. The van der Waals surface area contributed by atoms with Crippen molar-refractivity contribution in [3.05, 3.63) is 45.7 Å². The molecule has 0 saturated carbocycles. The number of anilines is 1. The van der Waals surface area contributed by atoms with Crippen LogP contribution in [0.15, 0.2) is 18.2 Å². The molecule has 1 aromatic carbocycles. The van der Waals surface area contributed by atoms with Gasteiger partial charge in [0.1, 0.15) is 6.54 Å². The molecule has 1 amide bonds. The first-order chi connectivity index (χ1) is 12.3. The van der Waals surface area contributed by atoms with Crippen molar-refractivity contribution >= 4 is 35.1 Å². The van der Waals surface area contributed by atoms with Gasteiger partial charge in [-0.25, -0.2) is 9.59 Å². The molecule has 0 fully saturated rings. The number of aryl methyl sites for hydroxylation is 1. The summed E-state index contributed by atoms with van der Waals surface area (Å²) in [4.78, 5) is 35.9. The van der Waals surface area contributed by atoms with Crippen molar-refractivity contribution in [2.45, 2.75) is 20.4 Å². The molecule has 2 aromatic rings. The number of nitrogens with zero attached hydrogens (tertiary/aromatic N) is 2. The summed E-state index contributed by atoms with van der Waals surface area (Å²) in [5, 5.41) is 7.31. The van der Waals surface area contributed by atoms with Crippen LogP contribution >= 0.6 is 11.6 Å². The Bertz CT molecular complexity index is 841. The molecule has 1 aromatic heterocycles. The molecule has 9 heteroatoms. The maximum absolute atomic E-state index is 12.3. The van der Waals surface area contributed by atoms with E-state index in [-0.39, 0.29) is 23.4 Å². The third kappa shape index (κ3) is 4.20. The first-order valence-corrected chi connectivity index (χ1v) is 7.95. The number of carbonyl (C=O) groups excluding carboxylic acids is 3. The Labute approximate surface area is 155 Å². The summed E-state index contributed by atoms with van der Waals surface area (Å²) in [5.74, 6) is -1.68. The summed E-state index contributed by atoms with van der Waals surface area (Å²) in [5.41, 5.74) is 1.76. The van der Waals surface area contributed by atoms with Crippen LogP contribution < -0.4 is 5.32 Å². The molecule has 138 valence electrons. The lowest BCUT2D eigenvalue weighted by molar-refractivity contribution is -0.116. The van der Waals surface area contributed by atoms with E-state index < -0.39 is 17.8 Å². The molecule has 0 aliphatic heterocycles. The van der Waals surface area contributed by atoms with Gasteiger partial charge in [0.15, 0.2) is 0 Å². The average Bonchev–Trinajstić information content (AvgIpc) is 2.86. The van der Waals surface area contributed by atoms with Crippen molar-refractivity contribution in [1.29, 1.82) is 0 Å². The van der Waals surface area contributed by atoms with Gasteiger partial charge in [0.2, 0.25) is 5.91 Å². The van der Waals surface area contributed by atoms with Crippen LogP contribution in [0.1, 0.15) is 32.1 Å². The Balaban J connectivity index is 2.26. The predicted octanol–water partition coefficient (Wildman–Crippen LogP) is 2.37. The largest absolute Gasteiger partial charge is 0.465 e. The Morgan fingerprint density at radius 2 is 1.62 bits per heavy atom. The summed E-state index contributed by atoms with van der Waals surface area (Å²) in [6.07, 6.45) is 0. The lowest BCUT2D eigenvalue weighted by atomic mass is 10.1. The van der Waals surface area contributed by atoms with E-state index in [4.69, 9.17) is 11.6 Å². The van der Waals surface area contributed by atoms with Crippen molar-refractivity contribution < 1.29 is 23.9 Å². The fraction of sp³-hybridized carbons (Fsp3) is 0.294. The molecule has 2 rings (SSSR count). The maximum Gasteiger partial charge on any atom is 0.337 e. The highest BCUT2D eigenvalue weighted by Crippen LogP contribution is 2.20. The van der Waals surface area contributed by atoms with Crippen LogP contribution in [0.5, 0.6) is 0 Å². The van der Waals surface area contributed by atoms with E-state index in [9.17, 15) is 14.4 Å². The van der Waals surface area contributed by atoms with E-state index in [1.54, 1.807) is 13.8 Å². The van der Waals surface area contributed by atoms with Gasteiger partial charge in [-0.2, -0.15) is 5.10 Å². The Morgan fingerprint density at radius 3 is 2.04 bits per heavy atom. The van der Waals surface area contributed by atoms with Gasteiger partial charge in [0.25, 0.3) is 0 Å². The highest BCUT2D eigenvalue weighted by molar-refractivity contribution is 6.31. The summed E-state index contributed by atoms with van der Waals surface area (Å²) in [6.45, 7) is 3.42. The lowest BCUT2D eigenvalue weighted by Crippen LogP contribution is -2.21. The topological polar surface area (TPSA) is 99.5 Å². The zero-order valence-electron chi connectivity index (χ0n) is 14.8. The molecule has 0 atom stereocenters. The zero-order chi connectivity index (χ0) is 19.4. The molecule has 0 unspecified atom stereocenters. The number of hydrogen-bond acceptors (Lipinski definition) is 6. The number of aromatic nitrogens is 2. The summed E-state index contributed by atoms with van der Waals surface area (Å²) in [7, 11) is 2.44. The first kappa shape index (κ1) is 19.5. The average molecular weight is 380 g/mol. The van der Waals surface area contributed by atoms with E-state index in [1.165, 1.54) is 37.1 Å². The molecule has 0 aliphatic rings. The molecule has 0 bridgehead atoms. The van der Waals surface area contributed by atoms with Crippen molar-refractivity contribution in [2.24, 2.45) is 0 Å². The number of ether oxygens (including phenoxy) is 2.